The summed E-state index contributed by atoms with van der Waals surface area (Å²) in [7, 11) is 0. The number of hydrogen-bond acceptors (Lipinski definition) is 3. The highest BCUT2D eigenvalue weighted by molar-refractivity contribution is 5.95. The molecule has 0 saturated carbocycles. The molecule has 1 amide bonds. The highest BCUT2D eigenvalue weighted by Crippen LogP contribution is 2.24. The molecule has 1 heterocycles. The average molecular weight is 362 g/mol. The lowest BCUT2D eigenvalue weighted by Crippen LogP contribution is -2.86. The van der Waals surface area contributed by atoms with Gasteiger partial charge in [0, 0.05) is 11.8 Å². The predicted octanol–water partition coefficient (Wildman–Crippen LogP) is 2.92. The first-order valence-electron chi connectivity index (χ1n) is 9.09. The largest absolute Gasteiger partial charge is 0.492 e. The first-order valence-corrected chi connectivity index (χ1v) is 9.09. The van der Waals surface area contributed by atoms with Gasteiger partial charge in [-0.3, -0.25) is 9.78 Å². The van der Waals surface area contributed by atoms with E-state index in [1.165, 1.54) is 0 Å². The number of nitrogens with one attached hydrogen (secondary N) is 1. The summed E-state index contributed by atoms with van der Waals surface area (Å²) in [5, 5.41) is 5.01. The molecule has 0 radical (unpaired) electrons. The van der Waals surface area contributed by atoms with E-state index in [-0.39, 0.29) is 11.9 Å². The Balaban J connectivity index is 1.79. The molecular formula is C22H24N3O2+. The molecule has 0 bridgehead atoms. The molecule has 1 atom stereocenters. The number of para-hydroxylation sites is 2. The molecule has 27 heavy (non-hydrogen) atoms. The lowest BCUT2D eigenvalue weighted by Gasteiger charge is -2.17. The molecule has 3 aromatic rings. The summed E-state index contributed by atoms with van der Waals surface area (Å²) in [5.41, 5.74) is 2.55. The Bertz CT molecular complexity index is 854. The minimum Gasteiger partial charge on any atom is -0.492 e. The Kier molecular flexibility index (Phi) is 6.55. The van der Waals surface area contributed by atoms with Crippen LogP contribution in [0.3, 0.4) is 0 Å². The topological polar surface area (TPSA) is 67.8 Å². The number of rotatable bonds is 8. The third-order valence-corrected chi connectivity index (χ3v) is 4.17. The van der Waals surface area contributed by atoms with Gasteiger partial charge in [-0.25, -0.2) is 0 Å². The molecule has 0 aliphatic rings. The van der Waals surface area contributed by atoms with Gasteiger partial charge in [-0.2, -0.15) is 0 Å². The number of ether oxygens (including phenoxy) is 1. The number of carbonyl (C=O) groups is 1. The summed E-state index contributed by atoms with van der Waals surface area (Å²) in [5.74, 6) is 0.578. The van der Waals surface area contributed by atoms with Crippen LogP contribution in [-0.2, 0) is 11.3 Å². The first kappa shape index (κ1) is 18.6. The number of nitrogens with zero attached hydrogens (tertiary/aromatic N) is 1. The summed E-state index contributed by atoms with van der Waals surface area (Å²) in [6.45, 7) is 3.08. The number of quaternary nitrogens is 1. The van der Waals surface area contributed by atoms with Crippen molar-refractivity contribution in [2.45, 2.75) is 19.5 Å². The van der Waals surface area contributed by atoms with E-state index in [4.69, 9.17) is 4.74 Å². The molecule has 5 nitrogen and oxygen atoms in total. The van der Waals surface area contributed by atoms with Crippen LogP contribution in [0.1, 0.15) is 24.2 Å². The highest BCUT2D eigenvalue weighted by Gasteiger charge is 2.25. The van der Waals surface area contributed by atoms with Crippen LogP contribution in [0.4, 0.5) is 5.69 Å². The number of anilines is 1. The van der Waals surface area contributed by atoms with Crippen molar-refractivity contribution in [3.63, 3.8) is 0 Å². The summed E-state index contributed by atoms with van der Waals surface area (Å²) in [4.78, 5) is 17.4. The van der Waals surface area contributed by atoms with Crippen molar-refractivity contribution >= 4 is 11.6 Å². The van der Waals surface area contributed by atoms with Gasteiger partial charge in [0.15, 0.2) is 6.04 Å². The fourth-order valence-electron chi connectivity index (χ4n) is 2.87. The Morgan fingerprint density at radius 2 is 1.78 bits per heavy atom. The predicted molar refractivity (Wildman–Crippen MR) is 105 cm³/mol. The van der Waals surface area contributed by atoms with Crippen molar-refractivity contribution in [1.82, 2.24) is 4.98 Å². The van der Waals surface area contributed by atoms with E-state index in [1.54, 1.807) is 6.20 Å². The maximum atomic E-state index is 13.1. The molecule has 1 aromatic heterocycles. The van der Waals surface area contributed by atoms with E-state index in [0.717, 1.165) is 11.3 Å². The molecule has 5 heteroatoms. The molecule has 0 unspecified atom stereocenters. The Morgan fingerprint density at radius 3 is 2.52 bits per heavy atom. The van der Waals surface area contributed by atoms with Gasteiger partial charge >= 0.3 is 0 Å². The monoisotopic (exact) mass is 362 g/mol. The lowest BCUT2D eigenvalue weighted by atomic mass is 10.1. The summed E-state index contributed by atoms with van der Waals surface area (Å²) in [6.07, 6.45) is 1.76. The summed E-state index contributed by atoms with van der Waals surface area (Å²) < 4.78 is 5.62. The van der Waals surface area contributed by atoms with Crippen LogP contribution in [0.2, 0.25) is 0 Å². The van der Waals surface area contributed by atoms with E-state index in [0.29, 0.717) is 24.6 Å². The van der Waals surface area contributed by atoms with E-state index < -0.39 is 0 Å². The number of benzene rings is 2. The van der Waals surface area contributed by atoms with Crippen molar-refractivity contribution < 1.29 is 14.8 Å². The maximum Gasteiger partial charge on any atom is 0.287 e. The molecule has 0 aliphatic carbocycles. The zero-order chi connectivity index (χ0) is 18.9. The molecule has 0 spiro atoms. The number of carbonyl (C=O) groups excluding carboxylic acids is 1. The molecule has 0 aliphatic heterocycles. The van der Waals surface area contributed by atoms with E-state index in [2.05, 4.69) is 10.3 Å². The molecule has 0 saturated heterocycles. The molecule has 3 rings (SSSR count). The lowest BCUT2D eigenvalue weighted by molar-refractivity contribution is -0.698. The van der Waals surface area contributed by atoms with Crippen LogP contribution in [0.5, 0.6) is 5.75 Å². The van der Waals surface area contributed by atoms with E-state index >= 15 is 0 Å². The second-order valence-corrected chi connectivity index (χ2v) is 6.07. The van der Waals surface area contributed by atoms with Crippen LogP contribution in [0.25, 0.3) is 0 Å². The van der Waals surface area contributed by atoms with Gasteiger partial charge in [-0.05, 0) is 31.2 Å². The second-order valence-electron chi connectivity index (χ2n) is 6.07. The van der Waals surface area contributed by atoms with Crippen molar-refractivity contribution in [2.75, 3.05) is 11.9 Å². The number of amides is 1. The fourth-order valence-corrected chi connectivity index (χ4v) is 2.87. The summed E-state index contributed by atoms with van der Waals surface area (Å²) >= 11 is 0. The Morgan fingerprint density at radius 1 is 1.04 bits per heavy atom. The third-order valence-electron chi connectivity index (χ3n) is 4.17. The average Bonchev–Trinajstić information content (AvgIpc) is 2.71. The van der Waals surface area contributed by atoms with Gasteiger partial charge in [0.2, 0.25) is 0 Å². The van der Waals surface area contributed by atoms with Crippen LogP contribution < -0.4 is 15.4 Å². The van der Waals surface area contributed by atoms with Crippen molar-refractivity contribution in [3.8, 4) is 5.75 Å². The minimum atomic E-state index is -0.386. The van der Waals surface area contributed by atoms with E-state index in [1.807, 2.05) is 85.0 Å². The zero-order valence-electron chi connectivity index (χ0n) is 15.3. The highest BCUT2D eigenvalue weighted by atomic mass is 16.5. The third kappa shape index (κ3) is 5.15. The van der Waals surface area contributed by atoms with Gasteiger partial charge in [0.05, 0.1) is 18.0 Å². The van der Waals surface area contributed by atoms with Crippen LogP contribution in [-0.4, -0.2) is 17.5 Å². The number of aromatic nitrogens is 1. The van der Waals surface area contributed by atoms with Crippen LogP contribution >= 0.6 is 0 Å². The smallest absolute Gasteiger partial charge is 0.287 e. The molecule has 2 aromatic carbocycles. The van der Waals surface area contributed by atoms with Gasteiger partial charge in [-0.1, -0.05) is 48.5 Å². The van der Waals surface area contributed by atoms with E-state index in [9.17, 15) is 4.79 Å². The SMILES string of the molecule is CCOc1ccccc1NC(=O)[C@H]([NH2+]Cc1ccccn1)c1ccccc1. The molecule has 3 N–H and O–H groups in total. The first-order chi connectivity index (χ1) is 13.3. The number of hydrogen-bond donors (Lipinski definition) is 2. The maximum absolute atomic E-state index is 13.1. The minimum absolute atomic E-state index is 0.0933. The van der Waals surface area contributed by atoms with Gasteiger partial charge in [0.25, 0.3) is 5.91 Å². The molecule has 138 valence electrons. The summed E-state index contributed by atoms with van der Waals surface area (Å²) in [6, 6.07) is 22.7. The second kappa shape index (κ2) is 9.50. The Labute approximate surface area is 159 Å². The quantitative estimate of drug-likeness (QED) is 0.647. The fraction of sp³-hybridized carbons (Fsp3) is 0.182. The standard InChI is InChI=1S/C22H23N3O2/c1-2-27-20-14-7-6-13-19(20)25-22(26)21(17-10-4-3-5-11-17)24-16-18-12-8-9-15-23-18/h3-15,21,24H,2,16H2,1H3,(H,25,26)/p+1/t21-/m1/s1. The molecule has 0 fully saturated rings. The molecular weight excluding hydrogens is 338 g/mol. The van der Waals surface area contributed by atoms with Gasteiger partial charge in [-0.15, -0.1) is 0 Å². The number of nitrogens with two attached hydrogens (primary N) is 1. The number of pyridine rings is 1. The van der Waals surface area contributed by atoms with Crippen LogP contribution in [0, 0.1) is 0 Å². The van der Waals surface area contributed by atoms with Crippen molar-refractivity contribution in [2.24, 2.45) is 0 Å². The van der Waals surface area contributed by atoms with Crippen LogP contribution in [0.15, 0.2) is 79.0 Å². The van der Waals surface area contributed by atoms with Crippen molar-refractivity contribution in [3.05, 3.63) is 90.3 Å². The van der Waals surface area contributed by atoms with Gasteiger partial charge < -0.3 is 15.4 Å². The van der Waals surface area contributed by atoms with Gasteiger partial charge in [0.1, 0.15) is 12.3 Å². The normalized spacial score (nSPS) is 11.6. The zero-order valence-corrected chi connectivity index (χ0v) is 15.3. The van der Waals surface area contributed by atoms with Crippen molar-refractivity contribution in [1.29, 1.82) is 0 Å². The Hall–Kier alpha value is -3.18.